The van der Waals surface area contributed by atoms with Crippen molar-refractivity contribution in [2.24, 2.45) is 11.8 Å². The van der Waals surface area contributed by atoms with Crippen LogP contribution in [0.4, 0.5) is 0 Å². The SMILES string of the molecule is CC1=C(C)C2CCC(C)C2O1. The Balaban J connectivity index is 2.22. The van der Waals surface area contributed by atoms with Crippen LogP contribution in [0.25, 0.3) is 0 Å². The van der Waals surface area contributed by atoms with E-state index in [9.17, 15) is 0 Å². The minimum Gasteiger partial charge on any atom is -0.494 e. The van der Waals surface area contributed by atoms with Crippen LogP contribution in [0.1, 0.15) is 33.6 Å². The first-order chi connectivity index (χ1) is 5.20. The van der Waals surface area contributed by atoms with Gasteiger partial charge in [0.1, 0.15) is 6.10 Å². The molecule has 0 bridgehead atoms. The van der Waals surface area contributed by atoms with Crippen molar-refractivity contribution in [3.63, 3.8) is 0 Å². The summed E-state index contributed by atoms with van der Waals surface area (Å²) in [6.45, 7) is 6.62. The molecule has 3 atom stereocenters. The highest BCUT2D eigenvalue weighted by Crippen LogP contribution is 2.44. The third-order valence-electron chi connectivity index (χ3n) is 3.31. The van der Waals surface area contributed by atoms with Crippen LogP contribution in [0.3, 0.4) is 0 Å². The van der Waals surface area contributed by atoms with Crippen molar-refractivity contribution in [3.8, 4) is 0 Å². The van der Waals surface area contributed by atoms with Gasteiger partial charge in [-0.05, 0) is 38.2 Å². The van der Waals surface area contributed by atoms with Gasteiger partial charge in [0.05, 0.1) is 5.76 Å². The molecule has 0 saturated heterocycles. The highest BCUT2D eigenvalue weighted by molar-refractivity contribution is 5.18. The molecule has 1 heteroatoms. The predicted molar refractivity (Wildman–Crippen MR) is 45.1 cm³/mol. The van der Waals surface area contributed by atoms with Gasteiger partial charge in [0.15, 0.2) is 0 Å². The molecule has 11 heavy (non-hydrogen) atoms. The second-order valence-corrected chi connectivity index (χ2v) is 3.98. The second-order valence-electron chi connectivity index (χ2n) is 3.98. The van der Waals surface area contributed by atoms with Gasteiger partial charge in [-0.1, -0.05) is 6.92 Å². The van der Waals surface area contributed by atoms with Crippen LogP contribution in [-0.2, 0) is 4.74 Å². The third-order valence-corrected chi connectivity index (χ3v) is 3.31. The lowest BCUT2D eigenvalue weighted by molar-refractivity contribution is 0.0961. The van der Waals surface area contributed by atoms with Crippen molar-refractivity contribution in [1.29, 1.82) is 0 Å². The molecule has 2 aliphatic rings. The smallest absolute Gasteiger partial charge is 0.107 e. The lowest BCUT2D eigenvalue weighted by Gasteiger charge is -2.15. The first kappa shape index (κ1) is 7.20. The fraction of sp³-hybridized carbons (Fsp3) is 0.800. The van der Waals surface area contributed by atoms with Crippen LogP contribution in [0.2, 0.25) is 0 Å². The maximum absolute atomic E-state index is 5.79. The Bertz CT molecular complexity index is 205. The minimum absolute atomic E-state index is 0.523. The molecular formula is C10H16O. The van der Waals surface area contributed by atoms with Crippen molar-refractivity contribution in [3.05, 3.63) is 11.3 Å². The molecule has 3 unspecified atom stereocenters. The number of allylic oxidation sites excluding steroid dienone is 1. The van der Waals surface area contributed by atoms with Crippen molar-refractivity contribution >= 4 is 0 Å². The number of ether oxygens (including phenoxy) is 1. The predicted octanol–water partition coefficient (Wildman–Crippen LogP) is 2.73. The van der Waals surface area contributed by atoms with Gasteiger partial charge in [-0.25, -0.2) is 0 Å². The molecular weight excluding hydrogens is 136 g/mol. The van der Waals surface area contributed by atoms with Gasteiger partial charge in [0.25, 0.3) is 0 Å². The van der Waals surface area contributed by atoms with E-state index in [2.05, 4.69) is 20.8 Å². The molecule has 0 radical (unpaired) electrons. The first-order valence-electron chi connectivity index (χ1n) is 4.54. The van der Waals surface area contributed by atoms with Crippen LogP contribution in [0.15, 0.2) is 11.3 Å². The summed E-state index contributed by atoms with van der Waals surface area (Å²) in [6.07, 6.45) is 3.21. The highest BCUT2D eigenvalue weighted by atomic mass is 16.5. The molecule has 1 aliphatic heterocycles. The van der Waals surface area contributed by atoms with E-state index in [4.69, 9.17) is 4.74 Å². The van der Waals surface area contributed by atoms with Crippen LogP contribution in [0, 0.1) is 11.8 Å². The number of fused-ring (bicyclic) bond motifs is 1. The normalized spacial score (nSPS) is 42.6. The summed E-state index contributed by atoms with van der Waals surface area (Å²) >= 11 is 0. The van der Waals surface area contributed by atoms with Crippen LogP contribution >= 0.6 is 0 Å². The van der Waals surface area contributed by atoms with Crippen molar-refractivity contribution < 1.29 is 4.74 Å². The zero-order chi connectivity index (χ0) is 8.01. The highest BCUT2D eigenvalue weighted by Gasteiger charge is 2.40. The Labute approximate surface area is 68.4 Å². The largest absolute Gasteiger partial charge is 0.494 e. The zero-order valence-corrected chi connectivity index (χ0v) is 7.55. The molecule has 1 nitrogen and oxygen atoms in total. The van der Waals surface area contributed by atoms with E-state index in [0.717, 1.165) is 11.8 Å². The molecule has 1 aliphatic carbocycles. The molecule has 0 aromatic rings. The van der Waals surface area contributed by atoms with Gasteiger partial charge >= 0.3 is 0 Å². The monoisotopic (exact) mass is 152 g/mol. The quantitative estimate of drug-likeness (QED) is 0.518. The topological polar surface area (TPSA) is 9.23 Å². The van der Waals surface area contributed by atoms with E-state index in [-0.39, 0.29) is 0 Å². The molecule has 2 rings (SSSR count). The maximum Gasteiger partial charge on any atom is 0.107 e. The fourth-order valence-electron chi connectivity index (χ4n) is 2.39. The minimum atomic E-state index is 0.523. The summed E-state index contributed by atoms with van der Waals surface area (Å²) in [4.78, 5) is 0. The Morgan fingerprint density at radius 3 is 2.64 bits per heavy atom. The van der Waals surface area contributed by atoms with Gasteiger partial charge in [-0.2, -0.15) is 0 Å². The first-order valence-corrected chi connectivity index (χ1v) is 4.54. The molecule has 1 saturated carbocycles. The van der Waals surface area contributed by atoms with Crippen LogP contribution < -0.4 is 0 Å². The summed E-state index contributed by atoms with van der Waals surface area (Å²) in [7, 11) is 0. The Morgan fingerprint density at radius 1 is 1.27 bits per heavy atom. The van der Waals surface area contributed by atoms with Crippen molar-refractivity contribution in [1.82, 2.24) is 0 Å². The summed E-state index contributed by atoms with van der Waals surface area (Å²) in [6, 6.07) is 0. The summed E-state index contributed by atoms with van der Waals surface area (Å²) < 4.78 is 5.79. The molecule has 0 aromatic heterocycles. The van der Waals surface area contributed by atoms with Gasteiger partial charge in [-0.3, -0.25) is 0 Å². The van der Waals surface area contributed by atoms with E-state index >= 15 is 0 Å². The van der Waals surface area contributed by atoms with E-state index in [1.807, 2.05) is 0 Å². The number of rotatable bonds is 0. The lowest BCUT2D eigenvalue weighted by Crippen LogP contribution is -2.17. The number of hydrogen-bond acceptors (Lipinski definition) is 1. The van der Waals surface area contributed by atoms with E-state index in [1.165, 1.54) is 24.2 Å². The van der Waals surface area contributed by atoms with Gasteiger partial charge in [0.2, 0.25) is 0 Å². The van der Waals surface area contributed by atoms with Crippen molar-refractivity contribution in [2.45, 2.75) is 39.7 Å². The van der Waals surface area contributed by atoms with Gasteiger partial charge < -0.3 is 4.74 Å². The van der Waals surface area contributed by atoms with Gasteiger partial charge in [-0.15, -0.1) is 0 Å². The molecule has 0 amide bonds. The average molecular weight is 152 g/mol. The lowest BCUT2D eigenvalue weighted by atomic mass is 9.97. The van der Waals surface area contributed by atoms with Crippen LogP contribution in [-0.4, -0.2) is 6.10 Å². The Hall–Kier alpha value is -0.460. The molecule has 0 aromatic carbocycles. The standard InChI is InChI=1S/C10H16O/c1-6-4-5-9-7(2)8(3)11-10(6)9/h6,9-10H,4-5H2,1-3H3. The fourth-order valence-corrected chi connectivity index (χ4v) is 2.39. The number of hydrogen-bond donors (Lipinski definition) is 0. The molecule has 62 valence electrons. The average Bonchev–Trinajstić information content (AvgIpc) is 2.43. The zero-order valence-electron chi connectivity index (χ0n) is 7.55. The second kappa shape index (κ2) is 2.26. The van der Waals surface area contributed by atoms with E-state index in [0.29, 0.717) is 6.10 Å². The molecule has 1 heterocycles. The molecule has 1 fully saturated rings. The van der Waals surface area contributed by atoms with Crippen molar-refractivity contribution in [2.75, 3.05) is 0 Å². The third kappa shape index (κ3) is 0.901. The van der Waals surface area contributed by atoms with Crippen LogP contribution in [0.5, 0.6) is 0 Å². The summed E-state index contributed by atoms with van der Waals surface area (Å²) in [5, 5.41) is 0. The van der Waals surface area contributed by atoms with E-state index < -0.39 is 0 Å². The molecule has 0 spiro atoms. The Morgan fingerprint density at radius 2 is 2.00 bits per heavy atom. The van der Waals surface area contributed by atoms with Gasteiger partial charge in [0, 0.05) is 5.92 Å². The van der Waals surface area contributed by atoms with E-state index in [1.54, 1.807) is 0 Å². The maximum atomic E-state index is 5.79. The summed E-state index contributed by atoms with van der Waals surface area (Å²) in [5.74, 6) is 2.71. The summed E-state index contributed by atoms with van der Waals surface area (Å²) in [5.41, 5.74) is 1.50. The molecule has 0 N–H and O–H groups in total. The Kier molecular flexibility index (Phi) is 1.48.